The monoisotopic (exact) mass is 311 g/mol. The first-order chi connectivity index (χ1) is 11.2. The summed E-state index contributed by atoms with van der Waals surface area (Å²) in [7, 11) is 2.11. The third-order valence-electron chi connectivity index (χ3n) is 4.54. The van der Waals surface area contributed by atoms with Gasteiger partial charge in [-0.1, -0.05) is 6.07 Å². The van der Waals surface area contributed by atoms with Crippen LogP contribution in [-0.4, -0.2) is 52.6 Å². The van der Waals surface area contributed by atoms with Crippen LogP contribution in [0.5, 0.6) is 0 Å². The number of rotatable bonds is 5. The molecule has 5 nitrogen and oxygen atoms in total. The number of hydrogen-bond donors (Lipinski definition) is 0. The Kier molecular flexibility index (Phi) is 5.18. The van der Waals surface area contributed by atoms with E-state index < -0.39 is 0 Å². The summed E-state index contributed by atoms with van der Waals surface area (Å²) in [5.74, 6) is 0.835. The topological polar surface area (TPSA) is 45.2 Å². The van der Waals surface area contributed by atoms with Gasteiger partial charge in [0, 0.05) is 56.4 Å². The lowest BCUT2D eigenvalue weighted by atomic mass is 10.0. The minimum atomic E-state index is 0.481. The van der Waals surface area contributed by atoms with Crippen LogP contribution in [0.3, 0.4) is 0 Å². The lowest BCUT2D eigenvalue weighted by molar-refractivity contribution is 0.207. The molecule has 0 saturated carbocycles. The van der Waals surface area contributed by atoms with Crippen LogP contribution in [0.2, 0.25) is 0 Å². The molecule has 1 fully saturated rings. The highest BCUT2D eigenvalue weighted by molar-refractivity contribution is 5.30. The molecule has 0 spiro atoms. The molecule has 0 radical (unpaired) electrons. The normalized spacial score (nSPS) is 18.8. The molecule has 2 aromatic rings. The second kappa shape index (κ2) is 7.51. The standard InChI is InChI=1S/C18H25N5/c1-15-8-11-20-18(21-15)22(2)17-7-5-12-23(14-17)13-9-16-6-3-4-10-19-16/h3-4,6,8,10-11,17H,5,7,9,12-14H2,1-2H3. The molecule has 1 saturated heterocycles. The number of piperidine rings is 1. The molecule has 1 aliphatic heterocycles. The van der Waals surface area contributed by atoms with E-state index in [2.05, 4.69) is 43.9 Å². The minimum absolute atomic E-state index is 0.481. The Morgan fingerprint density at radius 3 is 2.91 bits per heavy atom. The lowest BCUT2D eigenvalue weighted by Crippen LogP contribution is -2.47. The van der Waals surface area contributed by atoms with Gasteiger partial charge in [0.1, 0.15) is 0 Å². The average molecular weight is 311 g/mol. The Morgan fingerprint density at radius 1 is 1.22 bits per heavy atom. The van der Waals surface area contributed by atoms with Crippen molar-refractivity contribution in [2.24, 2.45) is 0 Å². The quantitative estimate of drug-likeness (QED) is 0.848. The van der Waals surface area contributed by atoms with Crippen LogP contribution in [0.4, 0.5) is 5.95 Å². The van der Waals surface area contributed by atoms with Gasteiger partial charge in [-0.15, -0.1) is 0 Å². The Labute approximate surface area is 138 Å². The van der Waals surface area contributed by atoms with E-state index in [0.29, 0.717) is 6.04 Å². The van der Waals surface area contributed by atoms with Crippen LogP contribution < -0.4 is 4.90 Å². The maximum absolute atomic E-state index is 4.55. The maximum Gasteiger partial charge on any atom is 0.225 e. The van der Waals surface area contributed by atoms with Gasteiger partial charge in [0.05, 0.1) is 0 Å². The smallest absolute Gasteiger partial charge is 0.225 e. The fourth-order valence-corrected chi connectivity index (χ4v) is 3.14. The fourth-order valence-electron chi connectivity index (χ4n) is 3.14. The second-order valence-corrected chi connectivity index (χ2v) is 6.28. The molecule has 0 N–H and O–H groups in total. The summed E-state index contributed by atoms with van der Waals surface area (Å²) in [5.41, 5.74) is 2.19. The molecular formula is C18H25N5. The zero-order valence-corrected chi connectivity index (χ0v) is 14.0. The van der Waals surface area contributed by atoms with Gasteiger partial charge in [-0.05, 0) is 44.5 Å². The minimum Gasteiger partial charge on any atom is -0.340 e. The number of aromatic nitrogens is 3. The molecule has 2 aromatic heterocycles. The third-order valence-corrected chi connectivity index (χ3v) is 4.54. The Balaban J connectivity index is 1.57. The first kappa shape index (κ1) is 15.9. The molecule has 5 heteroatoms. The van der Waals surface area contributed by atoms with E-state index in [1.807, 2.05) is 31.5 Å². The van der Waals surface area contributed by atoms with E-state index in [9.17, 15) is 0 Å². The highest BCUT2D eigenvalue weighted by atomic mass is 15.3. The summed E-state index contributed by atoms with van der Waals surface area (Å²) in [6.45, 7) is 5.32. The molecule has 0 bridgehead atoms. The summed E-state index contributed by atoms with van der Waals surface area (Å²) in [5, 5.41) is 0. The molecule has 0 aromatic carbocycles. The summed E-state index contributed by atoms with van der Waals surface area (Å²) in [4.78, 5) is 18.2. The molecule has 23 heavy (non-hydrogen) atoms. The van der Waals surface area contributed by atoms with Gasteiger partial charge < -0.3 is 9.80 Å². The predicted octanol–water partition coefficient (Wildman–Crippen LogP) is 2.32. The van der Waals surface area contributed by atoms with E-state index >= 15 is 0 Å². The fraction of sp³-hybridized carbons (Fsp3) is 0.500. The van der Waals surface area contributed by atoms with Crippen molar-refractivity contribution < 1.29 is 0 Å². The van der Waals surface area contributed by atoms with Crippen molar-refractivity contribution in [2.45, 2.75) is 32.2 Å². The Morgan fingerprint density at radius 2 is 2.13 bits per heavy atom. The first-order valence-electron chi connectivity index (χ1n) is 8.37. The highest BCUT2D eigenvalue weighted by Crippen LogP contribution is 2.18. The number of pyridine rings is 1. The van der Waals surface area contributed by atoms with Gasteiger partial charge in [-0.25, -0.2) is 9.97 Å². The van der Waals surface area contributed by atoms with Crippen molar-refractivity contribution in [3.63, 3.8) is 0 Å². The van der Waals surface area contributed by atoms with Crippen molar-refractivity contribution in [3.05, 3.63) is 48.0 Å². The zero-order valence-electron chi connectivity index (χ0n) is 14.0. The molecule has 3 heterocycles. The van der Waals surface area contributed by atoms with E-state index in [1.54, 1.807) is 0 Å². The van der Waals surface area contributed by atoms with Gasteiger partial charge >= 0.3 is 0 Å². The van der Waals surface area contributed by atoms with Gasteiger partial charge in [0.25, 0.3) is 0 Å². The second-order valence-electron chi connectivity index (χ2n) is 6.28. The third kappa shape index (κ3) is 4.26. The number of aryl methyl sites for hydroxylation is 1. The van der Waals surface area contributed by atoms with E-state index in [4.69, 9.17) is 0 Å². The van der Waals surface area contributed by atoms with Gasteiger partial charge in [-0.2, -0.15) is 0 Å². The van der Waals surface area contributed by atoms with Crippen molar-refractivity contribution in [3.8, 4) is 0 Å². The predicted molar refractivity (Wildman–Crippen MR) is 92.6 cm³/mol. The van der Waals surface area contributed by atoms with Crippen LogP contribution in [0, 0.1) is 6.92 Å². The molecule has 3 rings (SSSR count). The van der Waals surface area contributed by atoms with Crippen molar-refractivity contribution in [1.82, 2.24) is 19.9 Å². The summed E-state index contributed by atoms with van der Waals surface area (Å²) >= 11 is 0. The maximum atomic E-state index is 4.55. The van der Waals surface area contributed by atoms with E-state index in [0.717, 1.165) is 31.2 Å². The summed E-state index contributed by atoms with van der Waals surface area (Å²) in [6.07, 6.45) is 7.15. The Hall–Kier alpha value is -2.01. The van der Waals surface area contributed by atoms with Crippen LogP contribution in [0.1, 0.15) is 24.2 Å². The van der Waals surface area contributed by atoms with Crippen molar-refractivity contribution in [1.29, 1.82) is 0 Å². The molecule has 1 unspecified atom stereocenters. The average Bonchev–Trinajstić information content (AvgIpc) is 2.60. The number of anilines is 1. The molecule has 1 atom stereocenters. The summed E-state index contributed by atoms with van der Waals surface area (Å²) < 4.78 is 0. The van der Waals surface area contributed by atoms with Gasteiger partial charge in [-0.3, -0.25) is 4.98 Å². The number of nitrogens with zero attached hydrogens (tertiary/aromatic N) is 5. The van der Waals surface area contributed by atoms with Crippen molar-refractivity contribution >= 4 is 5.95 Å². The SMILES string of the molecule is Cc1ccnc(N(C)C2CCCN(CCc3ccccn3)C2)n1. The van der Waals surface area contributed by atoms with E-state index in [-0.39, 0.29) is 0 Å². The van der Waals surface area contributed by atoms with Gasteiger partial charge in [0.2, 0.25) is 5.95 Å². The zero-order chi connectivity index (χ0) is 16.1. The van der Waals surface area contributed by atoms with Crippen LogP contribution in [0.15, 0.2) is 36.7 Å². The molecular weight excluding hydrogens is 286 g/mol. The van der Waals surface area contributed by atoms with Crippen LogP contribution in [0.25, 0.3) is 0 Å². The van der Waals surface area contributed by atoms with E-state index in [1.165, 1.54) is 25.1 Å². The molecule has 1 aliphatic rings. The van der Waals surface area contributed by atoms with Gasteiger partial charge in [0.15, 0.2) is 0 Å². The van der Waals surface area contributed by atoms with Crippen LogP contribution >= 0.6 is 0 Å². The first-order valence-corrected chi connectivity index (χ1v) is 8.37. The number of likely N-dealkylation sites (N-methyl/N-ethyl adjacent to an activating group) is 1. The summed E-state index contributed by atoms with van der Waals surface area (Å²) in [6, 6.07) is 8.56. The molecule has 122 valence electrons. The van der Waals surface area contributed by atoms with Crippen LogP contribution in [-0.2, 0) is 6.42 Å². The van der Waals surface area contributed by atoms with Crippen molar-refractivity contribution in [2.75, 3.05) is 31.6 Å². The number of likely N-dealkylation sites (tertiary alicyclic amines) is 1. The lowest BCUT2D eigenvalue weighted by Gasteiger charge is -2.37. The highest BCUT2D eigenvalue weighted by Gasteiger charge is 2.24. The largest absolute Gasteiger partial charge is 0.340 e. The molecule has 0 aliphatic carbocycles. The number of hydrogen-bond acceptors (Lipinski definition) is 5. The Bertz CT molecular complexity index is 616. The molecule has 0 amide bonds.